The first kappa shape index (κ1) is 13.3. The van der Waals surface area contributed by atoms with Crippen molar-refractivity contribution in [1.82, 2.24) is 0 Å². The molecule has 0 aromatic heterocycles. The highest BCUT2D eigenvalue weighted by Gasteiger charge is 2.28. The molecule has 2 atom stereocenters. The van der Waals surface area contributed by atoms with Crippen LogP contribution in [0.5, 0.6) is 5.75 Å². The van der Waals surface area contributed by atoms with Gasteiger partial charge < -0.3 is 9.84 Å². The lowest BCUT2D eigenvalue weighted by Gasteiger charge is -2.30. The van der Waals surface area contributed by atoms with Gasteiger partial charge >= 0.3 is 0 Å². The molecule has 20 heavy (non-hydrogen) atoms. The van der Waals surface area contributed by atoms with Gasteiger partial charge in [0.25, 0.3) is 0 Å². The summed E-state index contributed by atoms with van der Waals surface area (Å²) >= 11 is 5.64. The predicted octanol–water partition coefficient (Wildman–Crippen LogP) is 4.18. The van der Waals surface area contributed by atoms with Gasteiger partial charge in [0.2, 0.25) is 0 Å². The molecule has 2 nitrogen and oxygen atoms in total. The Morgan fingerprint density at radius 1 is 1.15 bits per heavy atom. The van der Waals surface area contributed by atoms with Crippen molar-refractivity contribution < 1.29 is 18.6 Å². The molecule has 0 radical (unpaired) electrons. The van der Waals surface area contributed by atoms with Gasteiger partial charge in [-0.2, -0.15) is 0 Å². The molecular formula is C15H11ClF2O2. The van der Waals surface area contributed by atoms with Gasteiger partial charge in [0.1, 0.15) is 23.5 Å². The molecule has 0 saturated carbocycles. The number of hydrogen-bond acceptors (Lipinski definition) is 2. The second kappa shape index (κ2) is 5.04. The monoisotopic (exact) mass is 296 g/mol. The molecule has 1 N–H and O–H groups in total. The minimum Gasteiger partial charge on any atom is -0.485 e. The molecule has 5 heteroatoms. The van der Waals surface area contributed by atoms with Gasteiger partial charge in [0.15, 0.2) is 0 Å². The first-order valence-electron chi connectivity index (χ1n) is 6.13. The van der Waals surface area contributed by atoms with Crippen LogP contribution in [0.15, 0.2) is 36.4 Å². The number of benzene rings is 2. The summed E-state index contributed by atoms with van der Waals surface area (Å²) in [4.78, 5) is 0. The summed E-state index contributed by atoms with van der Waals surface area (Å²) in [5.74, 6) is -0.713. The zero-order valence-corrected chi connectivity index (χ0v) is 11.1. The molecule has 1 heterocycles. The van der Waals surface area contributed by atoms with E-state index in [9.17, 15) is 13.9 Å². The number of ether oxygens (including phenoxy) is 1. The third kappa shape index (κ3) is 2.37. The van der Waals surface area contributed by atoms with Crippen molar-refractivity contribution in [3.63, 3.8) is 0 Å². The van der Waals surface area contributed by atoms with Gasteiger partial charge in [-0.05, 0) is 29.8 Å². The molecule has 2 aromatic carbocycles. The lowest BCUT2D eigenvalue weighted by Crippen LogP contribution is -2.19. The lowest BCUT2D eigenvalue weighted by atomic mass is 9.95. The Kier molecular flexibility index (Phi) is 3.36. The van der Waals surface area contributed by atoms with E-state index in [0.29, 0.717) is 11.1 Å². The summed E-state index contributed by atoms with van der Waals surface area (Å²) in [7, 11) is 0. The van der Waals surface area contributed by atoms with Crippen LogP contribution in [-0.2, 0) is 0 Å². The van der Waals surface area contributed by atoms with Crippen molar-refractivity contribution in [2.75, 3.05) is 0 Å². The van der Waals surface area contributed by atoms with E-state index < -0.39 is 23.8 Å². The quantitative estimate of drug-likeness (QED) is 0.855. The van der Waals surface area contributed by atoms with Crippen LogP contribution in [0.3, 0.4) is 0 Å². The minimum atomic E-state index is -0.775. The van der Waals surface area contributed by atoms with E-state index in [2.05, 4.69) is 0 Å². The minimum absolute atomic E-state index is 0.0246. The van der Waals surface area contributed by atoms with Crippen molar-refractivity contribution >= 4 is 11.6 Å². The highest BCUT2D eigenvalue weighted by atomic mass is 35.5. The molecule has 0 saturated heterocycles. The number of halogens is 3. The van der Waals surface area contributed by atoms with Crippen molar-refractivity contribution in [2.24, 2.45) is 0 Å². The first-order chi connectivity index (χ1) is 9.54. The summed E-state index contributed by atoms with van der Waals surface area (Å²) < 4.78 is 32.4. The van der Waals surface area contributed by atoms with Crippen molar-refractivity contribution in [2.45, 2.75) is 18.6 Å². The number of hydrogen-bond donors (Lipinski definition) is 1. The van der Waals surface area contributed by atoms with Crippen LogP contribution in [-0.4, -0.2) is 5.11 Å². The van der Waals surface area contributed by atoms with Crippen LogP contribution < -0.4 is 4.74 Å². The molecule has 3 rings (SSSR count). The Balaban J connectivity index is 1.96. The number of fused-ring (bicyclic) bond motifs is 1. The molecule has 104 valence electrons. The number of rotatable bonds is 1. The molecular weight excluding hydrogens is 286 g/mol. The third-order valence-corrected chi connectivity index (χ3v) is 3.66. The fraction of sp³-hybridized carbons (Fsp3) is 0.200. The molecule has 0 amide bonds. The Labute approximate surface area is 119 Å². The molecule has 0 fully saturated rings. The zero-order valence-electron chi connectivity index (χ0n) is 10.3. The Morgan fingerprint density at radius 3 is 2.70 bits per heavy atom. The zero-order chi connectivity index (χ0) is 14.3. The van der Waals surface area contributed by atoms with Crippen LogP contribution in [0.1, 0.15) is 29.8 Å². The van der Waals surface area contributed by atoms with Crippen LogP contribution in [0.25, 0.3) is 0 Å². The van der Waals surface area contributed by atoms with E-state index in [1.54, 1.807) is 6.07 Å². The van der Waals surface area contributed by atoms with E-state index in [-0.39, 0.29) is 17.2 Å². The fourth-order valence-corrected chi connectivity index (χ4v) is 2.45. The summed E-state index contributed by atoms with van der Waals surface area (Å²) in [6, 6.07) is 8.32. The Hall–Kier alpha value is -1.65. The lowest BCUT2D eigenvalue weighted by molar-refractivity contribution is 0.0652. The van der Waals surface area contributed by atoms with Gasteiger partial charge in [-0.1, -0.05) is 17.7 Å². The summed E-state index contributed by atoms with van der Waals surface area (Å²) in [6.07, 6.45) is -1.03. The van der Waals surface area contributed by atoms with Gasteiger partial charge in [-0.15, -0.1) is 0 Å². The largest absolute Gasteiger partial charge is 0.485 e. The molecule has 1 aliphatic heterocycles. The van der Waals surface area contributed by atoms with E-state index in [0.717, 1.165) is 0 Å². The first-order valence-corrected chi connectivity index (χ1v) is 6.51. The maximum atomic E-state index is 13.5. The van der Waals surface area contributed by atoms with Gasteiger partial charge in [0.05, 0.1) is 11.1 Å². The van der Waals surface area contributed by atoms with Gasteiger partial charge in [-0.25, -0.2) is 8.78 Å². The summed E-state index contributed by atoms with van der Waals surface area (Å²) in [5.41, 5.74) is 1.10. The molecule has 0 spiro atoms. The maximum Gasteiger partial charge on any atom is 0.142 e. The standard InChI is InChI=1S/C15H11ClF2O2/c16-11-4-1-8(5-12(11)18)14-7-13(19)10-3-2-9(17)6-15(10)20-14/h1-6,13-14,19H,7H2. The maximum absolute atomic E-state index is 13.5. The normalized spacial score (nSPS) is 21.2. The van der Waals surface area contributed by atoms with Gasteiger partial charge in [0, 0.05) is 18.1 Å². The van der Waals surface area contributed by atoms with E-state index in [4.69, 9.17) is 16.3 Å². The second-order valence-corrected chi connectivity index (χ2v) is 5.12. The Morgan fingerprint density at radius 2 is 1.95 bits per heavy atom. The number of aliphatic hydroxyl groups is 1. The van der Waals surface area contributed by atoms with Gasteiger partial charge in [-0.3, -0.25) is 0 Å². The van der Waals surface area contributed by atoms with E-state index in [1.165, 1.54) is 30.3 Å². The van der Waals surface area contributed by atoms with E-state index >= 15 is 0 Å². The molecule has 2 aromatic rings. The average molecular weight is 297 g/mol. The molecule has 0 bridgehead atoms. The van der Waals surface area contributed by atoms with Crippen LogP contribution in [0, 0.1) is 11.6 Å². The average Bonchev–Trinajstić information content (AvgIpc) is 2.41. The van der Waals surface area contributed by atoms with Crippen LogP contribution >= 0.6 is 11.6 Å². The topological polar surface area (TPSA) is 29.5 Å². The molecule has 0 aliphatic carbocycles. The van der Waals surface area contributed by atoms with Crippen LogP contribution in [0.2, 0.25) is 5.02 Å². The van der Waals surface area contributed by atoms with Crippen molar-refractivity contribution in [3.8, 4) is 5.75 Å². The SMILES string of the molecule is OC1CC(c2ccc(Cl)c(F)c2)Oc2cc(F)ccc21. The predicted molar refractivity (Wildman–Crippen MR) is 70.8 cm³/mol. The Bertz CT molecular complexity index is 660. The highest BCUT2D eigenvalue weighted by Crippen LogP contribution is 2.41. The molecule has 2 unspecified atom stereocenters. The highest BCUT2D eigenvalue weighted by molar-refractivity contribution is 6.30. The second-order valence-electron chi connectivity index (χ2n) is 4.71. The van der Waals surface area contributed by atoms with Crippen molar-refractivity contribution in [3.05, 3.63) is 64.2 Å². The summed E-state index contributed by atoms with van der Waals surface area (Å²) in [6.45, 7) is 0. The number of aliphatic hydroxyl groups excluding tert-OH is 1. The molecule has 1 aliphatic rings. The third-order valence-electron chi connectivity index (χ3n) is 3.36. The smallest absolute Gasteiger partial charge is 0.142 e. The van der Waals surface area contributed by atoms with Crippen molar-refractivity contribution in [1.29, 1.82) is 0 Å². The van der Waals surface area contributed by atoms with Crippen LogP contribution in [0.4, 0.5) is 8.78 Å². The summed E-state index contributed by atoms with van der Waals surface area (Å²) in [5, 5.41) is 10.1. The van der Waals surface area contributed by atoms with E-state index in [1.807, 2.05) is 0 Å². The fourth-order valence-electron chi connectivity index (χ4n) is 2.33.